The van der Waals surface area contributed by atoms with E-state index in [1.54, 1.807) is 0 Å². The van der Waals surface area contributed by atoms with Crippen molar-refractivity contribution in [2.75, 3.05) is 0 Å². The number of hydrogen-bond donors (Lipinski definition) is 1. The van der Waals surface area contributed by atoms with Crippen LogP contribution in [0.1, 0.15) is 39.0 Å². The van der Waals surface area contributed by atoms with Gasteiger partial charge in [0.15, 0.2) is 0 Å². The van der Waals surface area contributed by atoms with Crippen LogP contribution in [0.2, 0.25) is 10.0 Å². The molecule has 1 aliphatic rings. The van der Waals surface area contributed by atoms with Crippen molar-refractivity contribution in [1.82, 2.24) is 0 Å². The molecule has 3 unspecified atom stereocenters. The zero-order valence-corrected chi connectivity index (χ0v) is 13.6. The first kappa shape index (κ1) is 15.5. The van der Waals surface area contributed by atoms with E-state index in [0.29, 0.717) is 21.3 Å². The van der Waals surface area contributed by atoms with Crippen LogP contribution in [-0.4, -0.2) is 11.3 Å². The first-order chi connectivity index (χ1) is 9.10. The average molecular weight is 318 g/mol. The van der Waals surface area contributed by atoms with Crippen molar-refractivity contribution in [1.29, 1.82) is 0 Å². The lowest BCUT2D eigenvalue weighted by atomic mass is 9.83. The van der Waals surface area contributed by atoms with Crippen molar-refractivity contribution >= 4 is 35.0 Å². The summed E-state index contributed by atoms with van der Waals surface area (Å²) >= 11 is 13.9. The fourth-order valence-electron chi connectivity index (χ4n) is 2.77. The van der Waals surface area contributed by atoms with Gasteiger partial charge in [-0.05, 0) is 43.4 Å². The van der Waals surface area contributed by atoms with Crippen LogP contribution in [0.5, 0.6) is 0 Å². The molecule has 0 saturated heterocycles. The highest BCUT2D eigenvalue weighted by molar-refractivity contribution is 8.00. The van der Waals surface area contributed by atoms with Gasteiger partial charge in [-0.2, -0.15) is 0 Å². The van der Waals surface area contributed by atoms with E-state index >= 15 is 0 Å². The van der Waals surface area contributed by atoms with Crippen LogP contribution in [0.4, 0.5) is 0 Å². The second-order valence-electron chi connectivity index (χ2n) is 5.36. The summed E-state index contributed by atoms with van der Waals surface area (Å²) in [5, 5.41) is 1.74. The minimum atomic E-state index is 0.299. The number of hydrogen-bond acceptors (Lipinski definition) is 2. The lowest BCUT2D eigenvalue weighted by molar-refractivity contribution is 0.317. The van der Waals surface area contributed by atoms with E-state index < -0.39 is 0 Å². The number of halogens is 2. The lowest BCUT2D eigenvalue weighted by Crippen LogP contribution is -2.38. The normalized spacial score (nSPS) is 27.5. The Morgan fingerprint density at radius 2 is 2.05 bits per heavy atom. The van der Waals surface area contributed by atoms with Crippen LogP contribution < -0.4 is 5.73 Å². The van der Waals surface area contributed by atoms with Crippen molar-refractivity contribution in [2.24, 2.45) is 11.7 Å². The Labute approximate surface area is 130 Å². The highest BCUT2D eigenvalue weighted by atomic mass is 35.5. The second-order valence-corrected chi connectivity index (χ2v) is 7.49. The monoisotopic (exact) mass is 317 g/mol. The van der Waals surface area contributed by atoms with Gasteiger partial charge >= 0.3 is 0 Å². The number of benzene rings is 1. The Hall–Kier alpha value is 0.110. The molecule has 1 nitrogen and oxygen atoms in total. The largest absolute Gasteiger partial charge is 0.327 e. The molecule has 0 heterocycles. The van der Waals surface area contributed by atoms with Gasteiger partial charge in [-0.25, -0.2) is 0 Å². The molecular formula is C15H21Cl2NS. The minimum absolute atomic E-state index is 0.299. The standard InChI is InChI=1S/C15H21Cl2NS/c1-2-3-10-4-7-14(18)15(8-10)19-11-5-6-12(16)13(17)9-11/h5-6,9-10,14-15H,2-4,7-8,18H2,1H3. The molecule has 1 fully saturated rings. The Kier molecular flexibility index (Phi) is 5.88. The van der Waals surface area contributed by atoms with Gasteiger partial charge in [0, 0.05) is 16.2 Å². The molecule has 1 aliphatic carbocycles. The van der Waals surface area contributed by atoms with Gasteiger partial charge in [0.1, 0.15) is 0 Å². The maximum Gasteiger partial charge on any atom is 0.0603 e. The Bertz CT molecular complexity index is 425. The molecule has 0 aromatic heterocycles. The quantitative estimate of drug-likeness (QED) is 0.806. The zero-order chi connectivity index (χ0) is 13.8. The van der Waals surface area contributed by atoms with Crippen molar-refractivity contribution in [2.45, 2.75) is 55.2 Å². The maximum absolute atomic E-state index is 6.27. The van der Waals surface area contributed by atoms with Crippen LogP contribution in [0.25, 0.3) is 0 Å². The van der Waals surface area contributed by atoms with Gasteiger partial charge < -0.3 is 5.73 Å². The lowest BCUT2D eigenvalue weighted by Gasteiger charge is -2.33. The molecule has 0 radical (unpaired) electrons. The van der Waals surface area contributed by atoms with Crippen LogP contribution >= 0.6 is 35.0 Å². The van der Waals surface area contributed by atoms with E-state index in [1.807, 2.05) is 30.0 Å². The third-order valence-electron chi connectivity index (χ3n) is 3.83. The number of thioether (sulfide) groups is 1. The first-order valence-electron chi connectivity index (χ1n) is 6.97. The summed E-state index contributed by atoms with van der Waals surface area (Å²) in [5.41, 5.74) is 6.27. The van der Waals surface area contributed by atoms with Gasteiger partial charge in [-0.1, -0.05) is 43.0 Å². The number of rotatable bonds is 4. The summed E-state index contributed by atoms with van der Waals surface area (Å²) in [5.74, 6) is 0.838. The van der Waals surface area contributed by atoms with Crippen LogP contribution in [0.3, 0.4) is 0 Å². The highest BCUT2D eigenvalue weighted by Gasteiger charge is 2.28. The highest BCUT2D eigenvalue weighted by Crippen LogP contribution is 2.38. The van der Waals surface area contributed by atoms with Crippen molar-refractivity contribution in [3.8, 4) is 0 Å². The van der Waals surface area contributed by atoms with E-state index in [0.717, 1.165) is 12.3 Å². The minimum Gasteiger partial charge on any atom is -0.327 e. The molecule has 1 aromatic carbocycles. The van der Waals surface area contributed by atoms with E-state index in [4.69, 9.17) is 28.9 Å². The van der Waals surface area contributed by atoms with E-state index in [1.165, 1.54) is 30.6 Å². The summed E-state index contributed by atoms with van der Waals surface area (Å²) < 4.78 is 0. The van der Waals surface area contributed by atoms with Crippen LogP contribution in [0, 0.1) is 5.92 Å². The molecule has 106 valence electrons. The van der Waals surface area contributed by atoms with Crippen molar-refractivity contribution in [3.05, 3.63) is 28.2 Å². The molecule has 4 heteroatoms. The van der Waals surface area contributed by atoms with E-state index in [-0.39, 0.29) is 0 Å². The SMILES string of the molecule is CCCC1CCC(N)C(Sc2ccc(Cl)c(Cl)c2)C1. The van der Waals surface area contributed by atoms with Gasteiger partial charge in [-0.3, -0.25) is 0 Å². The molecular weight excluding hydrogens is 297 g/mol. The zero-order valence-electron chi connectivity index (χ0n) is 11.2. The fraction of sp³-hybridized carbons (Fsp3) is 0.600. The van der Waals surface area contributed by atoms with E-state index in [9.17, 15) is 0 Å². The smallest absolute Gasteiger partial charge is 0.0603 e. The second kappa shape index (κ2) is 7.21. The fourth-order valence-corrected chi connectivity index (χ4v) is 4.49. The Morgan fingerprint density at radius 1 is 1.26 bits per heavy atom. The van der Waals surface area contributed by atoms with Gasteiger partial charge in [-0.15, -0.1) is 11.8 Å². The average Bonchev–Trinajstić information content (AvgIpc) is 2.38. The predicted octanol–water partition coefficient (Wildman–Crippen LogP) is 5.38. The molecule has 1 aromatic rings. The number of nitrogens with two attached hydrogens (primary N) is 1. The van der Waals surface area contributed by atoms with Crippen molar-refractivity contribution < 1.29 is 0 Å². The third kappa shape index (κ3) is 4.29. The van der Waals surface area contributed by atoms with Gasteiger partial charge in [0.2, 0.25) is 0 Å². The van der Waals surface area contributed by atoms with Crippen LogP contribution in [0.15, 0.2) is 23.1 Å². The van der Waals surface area contributed by atoms with E-state index in [2.05, 4.69) is 6.92 Å². The van der Waals surface area contributed by atoms with Gasteiger partial charge in [0.05, 0.1) is 10.0 Å². The molecule has 0 bridgehead atoms. The first-order valence-corrected chi connectivity index (χ1v) is 8.61. The predicted molar refractivity (Wildman–Crippen MR) is 86.3 cm³/mol. The molecule has 0 amide bonds. The molecule has 3 atom stereocenters. The molecule has 19 heavy (non-hydrogen) atoms. The molecule has 0 spiro atoms. The summed E-state index contributed by atoms with van der Waals surface area (Å²) in [7, 11) is 0. The summed E-state index contributed by atoms with van der Waals surface area (Å²) in [6, 6.07) is 6.15. The topological polar surface area (TPSA) is 26.0 Å². The van der Waals surface area contributed by atoms with Gasteiger partial charge in [0.25, 0.3) is 0 Å². The Morgan fingerprint density at radius 3 is 2.74 bits per heavy atom. The molecule has 2 rings (SSSR count). The Balaban J connectivity index is 2.01. The molecule has 0 aliphatic heterocycles. The summed E-state index contributed by atoms with van der Waals surface area (Å²) in [4.78, 5) is 1.17. The molecule has 2 N–H and O–H groups in total. The van der Waals surface area contributed by atoms with Crippen LogP contribution in [-0.2, 0) is 0 Å². The summed E-state index contributed by atoms with van der Waals surface area (Å²) in [6.45, 7) is 2.26. The maximum atomic E-state index is 6.27. The summed E-state index contributed by atoms with van der Waals surface area (Å²) in [6.07, 6.45) is 6.24. The van der Waals surface area contributed by atoms with Crippen molar-refractivity contribution in [3.63, 3.8) is 0 Å². The molecule has 1 saturated carbocycles. The third-order valence-corrected chi connectivity index (χ3v) is 5.94.